The Morgan fingerprint density at radius 3 is 2.12 bits per heavy atom. The topological polar surface area (TPSA) is 101 Å². The summed E-state index contributed by atoms with van der Waals surface area (Å²) in [4.78, 5) is 19.0. The molecular weight excluding hydrogens is 249 g/mol. The summed E-state index contributed by atoms with van der Waals surface area (Å²) in [6.45, 7) is 3.23. The molecule has 0 aromatic carbocycles. The number of carbonyl (C=O) groups is 1. The molecule has 17 heavy (non-hydrogen) atoms. The van der Waals surface area contributed by atoms with Crippen molar-refractivity contribution in [3.8, 4) is 0 Å². The second-order valence-corrected chi connectivity index (χ2v) is 4.68. The van der Waals surface area contributed by atoms with Crippen molar-refractivity contribution >= 4 is 19.0 Å². The van der Waals surface area contributed by atoms with E-state index in [1.165, 1.54) is 14.2 Å². The normalized spacial score (nSPS) is 10.8. The fourth-order valence-corrected chi connectivity index (χ4v) is 2.42. The molecule has 0 atom stereocenters. The zero-order valence-corrected chi connectivity index (χ0v) is 11.1. The van der Waals surface area contributed by atoms with E-state index in [1.54, 1.807) is 13.8 Å². The molecule has 0 spiro atoms. The van der Waals surface area contributed by atoms with Crippen LogP contribution in [0, 0.1) is 0 Å². The maximum Gasteiger partial charge on any atom is 0.467 e. The number of hydrogen-bond donors (Lipinski definition) is 0. The Morgan fingerprint density at radius 2 is 1.82 bits per heavy atom. The lowest BCUT2D eigenvalue weighted by Gasteiger charge is -2.15. The summed E-state index contributed by atoms with van der Waals surface area (Å²) in [5.74, 6) is -0.903. The molecule has 9 heteroatoms. The van der Waals surface area contributed by atoms with Gasteiger partial charge in [-0.05, 0) is 13.8 Å². The number of rotatable bonds is 7. The van der Waals surface area contributed by atoms with Gasteiger partial charge in [0, 0.05) is 7.05 Å². The van der Waals surface area contributed by atoms with Crippen molar-refractivity contribution in [2.75, 3.05) is 27.4 Å². The molecule has 98 valence electrons. The summed E-state index contributed by atoms with van der Waals surface area (Å²) in [5.41, 5.74) is 8.07. The molecule has 0 aromatic rings. The minimum Gasteiger partial charge on any atom is -0.360 e. The van der Waals surface area contributed by atoms with Gasteiger partial charge in [-0.3, -0.25) is 9.63 Å². The van der Waals surface area contributed by atoms with Crippen LogP contribution in [0.25, 0.3) is 5.53 Å². The van der Waals surface area contributed by atoms with Crippen LogP contribution in [-0.2, 0) is 23.2 Å². The Labute approximate surface area is 99.6 Å². The van der Waals surface area contributed by atoms with Crippen LogP contribution in [0.15, 0.2) is 0 Å². The molecule has 0 saturated heterocycles. The molecule has 0 aromatic heterocycles. The molecular formula is C8H16N3O5P. The molecule has 0 unspecified atom stereocenters. The van der Waals surface area contributed by atoms with Crippen LogP contribution in [0.2, 0.25) is 0 Å². The second-order valence-electron chi connectivity index (χ2n) is 2.74. The Hall–Kier alpha value is -1.04. The first-order valence-corrected chi connectivity index (χ1v) is 6.44. The maximum atomic E-state index is 12.2. The van der Waals surface area contributed by atoms with E-state index in [0.717, 1.165) is 5.06 Å². The van der Waals surface area contributed by atoms with E-state index in [-0.39, 0.29) is 13.2 Å². The van der Waals surface area contributed by atoms with E-state index in [9.17, 15) is 9.36 Å². The summed E-state index contributed by atoms with van der Waals surface area (Å²) in [6, 6.07) is 0. The lowest BCUT2D eigenvalue weighted by atomic mass is 10.6. The monoisotopic (exact) mass is 265 g/mol. The van der Waals surface area contributed by atoms with Gasteiger partial charge in [0.1, 0.15) is 0 Å². The van der Waals surface area contributed by atoms with Crippen LogP contribution in [0.1, 0.15) is 13.8 Å². The fraction of sp³-hybridized carbons (Fsp3) is 0.750. The third kappa shape index (κ3) is 4.03. The second kappa shape index (κ2) is 7.32. The Kier molecular flexibility index (Phi) is 6.87. The van der Waals surface area contributed by atoms with Crippen LogP contribution in [0.5, 0.6) is 0 Å². The van der Waals surface area contributed by atoms with Gasteiger partial charge in [-0.25, -0.2) is 9.63 Å². The summed E-state index contributed by atoms with van der Waals surface area (Å²) < 4.78 is 21.9. The van der Waals surface area contributed by atoms with Crippen molar-refractivity contribution in [1.82, 2.24) is 5.06 Å². The molecule has 0 heterocycles. The van der Waals surface area contributed by atoms with E-state index >= 15 is 0 Å². The highest BCUT2D eigenvalue weighted by Gasteiger charge is 2.47. The highest BCUT2D eigenvalue weighted by Crippen LogP contribution is 2.49. The summed E-state index contributed by atoms with van der Waals surface area (Å²) in [5, 5.41) is 0.750. The van der Waals surface area contributed by atoms with Crippen LogP contribution < -0.4 is 0 Å². The lowest BCUT2D eigenvalue weighted by Crippen LogP contribution is -2.33. The maximum absolute atomic E-state index is 12.2. The first-order chi connectivity index (χ1) is 7.96. The first-order valence-electron chi connectivity index (χ1n) is 4.90. The van der Waals surface area contributed by atoms with Gasteiger partial charge < -0.3 is 14.6 Å². The summed E-state index contributed by atoms with van der Waals surface area (Å²) in [7, 11) is -1.42. The highest BCUT2D eigenvalue weighted by molar-refractivity contribution is 7.74. The quantitative estimate of drug-likeness (QED) is 0.224. The number of hydrogen-bond acceptors (Lipinski definition) is 5. The summed E-state index contributed by atoms with van der Waals surface area (Å²) >= 11 is 0. The largest absolute Gasteiger partial charge is 0.467 e. The average Bonchev–Trinajstić information content (AvgIpc) is 2.29. The standard InChI is InChI=1S/C8H16N3O5P/c1-5-15-17(13,16-6-2)7(10-9)8(12)11(3)14-4/h5-6H2,1-4H3. The molecule has 8 nitrogen and oxygen atoms in total. The SMILES string of the molecule is CCOP(=O)(OCC)C(=[N+]=[N-])C(=O)N(C)OC. The van der Waals surface area contributed by atoms with Crippen molar-refractivity contribution in [3.05, 3.63) is 5.53 Å². The van der Waals surface area contributed by atoms with Crippen LogP contribution in [0.3, 0.4) is 0 Å². The van der Waals surface area contributed by atoms with Gasteiger partial charge in [0.2, 0.25) is 0 Å². The predicted octanol–water partition coefficient (Wildman–Crippen LogP) is 0.901. The van der Waals surface area contributed by atoms with E-state index < -0.39 is 19.0 Å². The number of carbonyl (C=O) groups excluding carboxylic acids is 1. The van der Waals surface area contributed by atoms with Crippen molar-refractivity contribution < 1.29 is 28.0 Å². The molecule has 0 N–H and O–H groups in total. The molecule has 0 radical (unpaired) electrons. The molecule has 0 bridgehead atoms. The minimum atomic E-state index is -3.92. The van der Waals surface area contributed by atoms with E-state index in [4.69, 9.17) is 14.6 Å². The van der Waals surface area contributed by atoms with E-state index in [1.807, 2.05) is 0 Å². The summed E-state index contributed by atoms with van der Waals surface area (Å²) in [6.07, 6.45) is 0. The Bertz CT molecular complexity index is 356. The van der Waals surface area contributed by atoms with Gasteiger partial charge in [0.05, 0.1) is 20.3 Å². The Balaban J connectivity index is 5.27. The van der Waals surface area contributed by atoms with Crippen molar-refractivity contribution in [3.63, 3.8) is 0 Å². The van der Waals surface area contributed by atoms with Gasteiger partial charge >= 0.3 is 19.0 Å². The fourth-order valence-electron chi connectivity index (χ4n) is 0.938. The van der Waals surface area contributed by atoms with Gasteiger partial charge in [0.15, 0.2) is 0 Å². The van der Waals surface area contributed by atoms with Crippen molar-refractivity contribution in [2.24, 2.45) is 0 Å². The zero-order chi connectivity index (χ0) is 13.5. The van der Waals surface area contributed by atoms with E-state index in [2.05, 4.69) is 9.63 Å². The lowest BCUT2D eigenvalue weighted by molar-refractivity contribution is -0.163. The zero-order valence-electron chi connectivity index (χ0n) is 10.2. The smallest absolute Gasteiger partial charge is 0.360 e. The van der Waals surface area contributed by atoms with Gasteiger partial charge in [-0.1, -0.05) is 0 Å². The minimum absolute atomic E-state index is 0.0419. The molecule has 1 amide bonds. The van der Waals surface area contributed by atoms with Crippen LogP contribution in [0.4, 0.5) is 0 Å². The number of nitrogens with zero attached hydrogens (tertiary/aromatic N) is 3. The molecule has 0 saturated carbocycles. The third-order valence-corrected chi connectivity index (χ3v) is 3.70. The average molecular weight is 265 g/mol. The molecule has 0 aliphatic rings. The van der Waals surface area contributed by atoms with Crippen LogP contribution >= 0.6 is 7.60 Å². The molecule has 0 aliphatic heterocycles. The highest BCUT2D eigenvalue weighted by atomic mass is 31.2. The molecule has 0 aliphatic carbocycles. The predicted molar refractivity (Wildman–Crippen MR) is 59.3 cm³/mol. The molecule has 0 rings (SSSR count). The van der Waals surface area contributed by atoms with Gasteiger partial charge in [-0.2, -0.15) is 4.79 Å². The number of hydroxylamine groups is 2. The van der Waals surface area contributed by atoms with Crippen LogP contribution in [-0.4, -0.2) is 48.6 Å². The molecule has 0 fully saturated rings. The third-order valence-electron chi connectivity index (χ3n) is 1.70. The Morgan fingerprint density at radius 1 is 1.35 bits per heavy atom. The van der Waals surface area contributed by atoms with E-state index in [0.29, 0.717) is 0 Å². The van der Waals surface area contributed by atoms with Gasteiger partial charge in [0.25, 0.3) is 0 Å². The van der Waals surface area contributed by atoms with Crippen molar-refractivity contribution in [1.29, 1.82) is 0 Å². The van der Waals surface area contributed by atoms with Gasteiger partial charge in [-0.15, -0.1) is 0 Å². The first kappa shape index (κ1) is 16.0. The number of amides is 1. The van der Waals surface area contributed by atoms with Crippen molar-refractivity contribution in [2.45, 2.75) is 13.8 Å².